The summed E-state index contributed by atoms with van der Waals surface area (Å²) in [7, 11) is 0. The normalized spacial score (nSPS) is 12.1. The van der Waals surface area contributed by atoms with Crippen molar-refractivity contribution in [3.63, 3.8) is 0 Å². The van der Waals surface area contributed by atoms with Crippen LogP contribution < -0.4 is 10.1 Å². The van der Waals surface area contributed by atoms with Crippen LogP contribution >= 0.6 is 11.6 Å². The molecule has 1 amide bonds. The van der Waals surface area contributed by atoms with Gasteiger partial charge >= 0.3 is 0 Å². The lowest BCUT2D eigenvalue weighted by Crippen LogP contribution is -2.37. The highest BCUT2D eigenvalue weighted by molar-refractivity contribution is 6.30. The van der Waals surface area contributed by atoms with Crippen molar-refractivity contribution in [1.29, 1.82) is 0 Å². The number of hydrogen-bond acceptors (Lipinski definition) is 3. The summed E-state index contributed by atoms with van der Waals surface area (Å²) in [5, 5.41) is 4.60. The highest BCUT2D eigenvalue weighted by Gasteiger charge is 2.12. The molecule has 0 radical (unpaired) electrons. The number of ether oxygens (including phenoxy) is 1. The van der Waals surface area contributed by atoms with Crippen LogP contribution in [0.15, 0.2) is 59.0 Å². The molecule has 4 nitrogen and oxygen atoms in total. The number of para-hydroxylation sites is 1. The quantitative estimate of drug-likeness (QED) is 0.729. The van der Waals surface area contributed by atoms with Gasteiger partial charge < -0.3 is 14.5 Å². The van der Waals surface area contributed by atoms with E-state index in [0.717, 1.165) is 16.7 Å². The van der Waals surface area contributed by atoms with Gasteiger partial charge in [-0.05, 0) is 43.3 Å². The fourth-order valence-electron chi connectivity index (χ4n) is 2.49. The van der Waals surface area contributed by atoms with Gasteiger partial charge in [0.15, 0.2) is 6.61 Å². The van der Waals surface area contributed by atoms with Crippen molar-refractivity contribution in [3.05, 3.63) is 65.4 Å². The van der Waals surface area contributed by atoms with E-state index in [-0.39, 0.29) is 18.6 Å². The molecule has 0 fully saturated rings. The third-order valence-corrected chi connectivity index (χ3v) is 3.83. The van der Waals surface area contributed by atoms with Crippen LogP contribution in [0.5, 0.6) is 5.75 Å². The molecule has 1 atom stereocenters. The summed E-state index contributed by atoms with van der Waals surface area (Å²) in [6.45, 7) is 1.90. The number of hydrogen-bond donors (Lipinski definition) is 1. The molecule has 2 aromatic carbocycles. The van der Waals surface area contributed by atoms with Crippen LogP contribution in [-0.2, 0) is 11.2 Å². The van der Waals surface area contributed by atoms with Crippen molar-refractivity contribution in [1.82, 2.24) is 5.32 Å². The van der Waals surface area contributed by atoms with Crippen molar-refractivity contribution in [2.75, 3.05) is 6.61 Å². The molecule has 1 N–H and O–H groups in total. The van der Waals surface area contributed by atoms with Gasteiger partial charge in [-0.3, -0.25) is 4.79 Å². The second-order valence-corrected chi connectivity index (χ2v) is 6.10. The SMILES string of the molecule is C[C@@H](Cc1cc2ccccc2o1)NC(=O)COc1ccc(Cl)cc1. The fourth-order valence-corrected chi connectivity index (χ4v) is 2.61. The molecule has 0 spiro atoms. The van der Waals surface area contributed by atoms with E-state index in [2.05, 4.69) is 5.32 Å². The lowest BCUT2D eigenvalue weighted by Gasteiger charge is -2.13. The molecule has 0 unspecified atom stereocenters. The molecule has 24 heavy (non-hydrogen) atoms. The van der Waals surface area contributed by atoms with Gasteiger partial charge in [-0.2, -0.15) is 0 Å². The minimum atomic E-state index is -0.173. The van der Waals surface area contributed by atoms with Gasteiger partial charge in [0, 0.05) is 22.9 Å². The van der Waals surface area contributed by atoms with E-state index in [4.69, 9.17) is 20.8 Å². The smallest absolute Gasteiger partial charge is 0.258 e. The average molecular weight is 344 g/mol. The summed E-state index contributed by atoms with van der Waals surface area (Å²) < 4.78 is 11.2. The van der Waals surface area contributed by atoms with Gasteiger partial charge in [0.1, 0.15) is 17.1 Å². The Hall–Kier alpha value is -2.46. The Balaban J connectivity index is 1.49. The predicted molar refractivity (Wildman–Crippen MR) is 94.5 cm³/mol. The van der Waals surface area contributed by atoms with E-state index in [1.165, 1.54) is 0 Å². The van der Waals surface area contributed by atoms with Gasteiger partial charge in [-0.25, -0.2) is 0 Å². The second-order valence-electron chi connectivity index (χ2n) is 5.67. The molecule has 3 aromatic rings. The predicted octanol–water partition coefficient (Wildman–Crippen LogP) is 4.21. The van der Waals surface area contributed by atoms with Gasteiger partial charge in [0.25, 0.3) is 5.91 Å². The Morgan fingerprint density at radius 3 is 2.71 bits per heavy atom. The Kier molecular flexibility index (Phi) is 5.06. The number of amides is 1. The van der Waals surface area contributed by atoms with E-state index in [9.17, 15) is 4.79 Å². The Labute approximate surface area is 145 Å². The minimum Gasteiger partial charge on any atom is -0.484 e. The zero-order valence-electron chi connectivity index (χ0n) is 13.3. The van der Waals surface area contributed by atoms with Crippen molar-refractivity contribution in [2.45, 2.75) is 19.4 Å². The standard InChI is InChI=1S/C19H18ClNO3/c1-13(10-17-11-14-4-2-3-5-18(14)24-17)21-19(22)12-23-16-8-6-15(20)7-9-16/h2-9,11,13H,10,12H2,1H3,(H,21,22)/t13-/m0/s1. The topological polar surface area (TPSA) is 51.5 Å². The zero-order valence-corrected chi connectivity index (χ0v) is 14.0. The first-order chi connectivity index (χ1) is 11.6. The second kappa shape index (κ2) is 7.41. The van der Waals surface area contributed by atoms with Crippen LogP contribution in [0.4, 0.5) is 0 Å². The first kappa shape index (κ1) is 16.4. The van der Waals surface area contributed by atoms with Crippen LogP contribution in [0.3, 0.4) is 0 Å². The van der Waals surface area contributed by atoms with E-state index in [1.54, 1.807) is 24.3 Å². The maximum atomic E-state index is 12.0. The summed E-state index contributed by atoms with van der Waals surface area (Å²) >= 11 is 5.81. The van der Waals surface area contributed by atoms with Crippen LogP contribution in [0.25, 0.3) is 11.0 Å². The number of nitrogens with one attached hydrogen (secondary N) is 1. The van der Waals surface area contributed by atoms with Gasteiger partial charge in [-0.15, -0.1) is 0 Å². The molecule has 0 bridgehead atoms. The third kappa shape index (κ3) is 4.30. The summed E-state index contributed by atoms with van der Waals surface area (Å²) in [4.78, 5) is 12.0. The number of halogens is 1. The highest BCUT2D eigenvalue weighted by Crippen LogP contribution is 2.20. The van der Waals surface area contributed by atoms with E-state index >= 15 is 0 Å². The molecule has 0 aliphatic carbocycles. The van der Waals surface area contributed by atoms with Crippen LogP contribution in [0.2, 0.25) is 5.02 Å². The Bertz CT molecular complexity index is 793. The van der Waals surface area contributed by atoms with Crippen molar-refractivity contribution in [2.24, 2.45) is 0 Å². The molecule has 3 rings (SSSR count). The lowest BCUT2D eigenvalue weighted by molar-refractivity contribution is -0.123. The third-order valence-electron chi connectivity index (χ3n) is 3.57. The number of furan rings is 1. The first-order valence-electron chi connectivity index (χ1n) is 7.75. The van der Waals surface area contributed by atoms with E-state index in [0.29, 0.717) is 17.2 Å². The molecule has 124 valence electrons. The lowest BCUT2D eigenvalue weighted by atomic mass is 10.2. The number of fused-ring (bicyclic) bond motifs is 1. The minimum absolute atomic E-state index is 0.0356. The summed E-state index contributed by atoms with van der Waals surface area (Å²) in [6.07, 6.45) is 0.626. The number of carbonyl (C=O) groups excluding carboxylic acids is 1. The summed E-state index contributed by atoms with van der Waals surface area (Å²) in [5.41, 5.74) is 0.858. The van der Waals surface area contributed by atoms with Crippen molar-refractivity contribution >= 4 is 28.5 Å². The monoisotopic (exact) mass is 343 g/mol. The fraction of sp³-hybridized carbons (Fsp3) is 0.211. The van der Waals surface area contributed by atoms with E-state index in [1.807, 2.05) is 37.3 Å². The molecule has 0 aliphatic heterocycles. The zero-order chi connectivity index (χ0) is 16.9. The van der Waals surface area contributed by atoms with E-state index < -0.39 is 0 Å². The van der Waals surface area contributed by atoms with Crippen LogP contribution in [-0.4, -0.2) is 18.6 Å². The van der Waals surface area contributed by atoms with Gasteiger partial charge in [-0.1, -0.05) is 29.8 Å². The molecular weight excluding hydrogens is 326 g/mol. The first-order valence-corrected chi connectivity index (χ1v) is 8.13. The molecule has 0 saturated heterocycles. The van der Waals surface area contributed by atoms with Crippen LogP contribution in [0.1, 0.15) is 12.7 Å². The summed E-state index contributed by atoms with van der Waals surface area (Å²) in [6, 6.07) is 16.7. The number of carbonyl (C=O) groups is 1. The Morgan fingerprint density at radius 2 is 1.96 bits per heavy atom. The maximum absolute atomic E-state index is 12.0. The van der Waals surface area contributed by atoms with Gasteiger partial charge in [0.2, 0.25) is 0 Å². The largest absolute Gasteiger partial charge is 0.484 e. The molecule has 1 aromatic heterocycles. The Morgan fingerprint density at radius 1 is 1.21 bits per heavy atom. The average Bonchev–Trinajstić information content (AvgIpc) is 2.96. The van der Waals surface area contributed by atoms with Gasteiger partial charge in [0.05, 0.1) is 0 Å². The molecule has 0 saturated carbocycles. The molecule has 0 aliphatic rings. The van der Waals surface area contributed by atoms with Crippen molar-refractivity contribution < 1.29 is 13.9 Å². The highest BCUT2D eigenvalue weighted by atomic mass is 35.5. The molecular formula is C19H18ClNO3. The van der Waals surface area contributed by atoms with Crippen LogP contribution in [0, 0.1) is 0 Å². The molecule has 5 heteroatoms. The molecule has 1 heterocycles. The van der Waals surface area contributed by atoms with Crippen molar-refractivity contribution in [3.8, 4) is 5.75 Å². The number of rotatable bonds is 6. The summed E-state index contributed by atoms with van der Waals surface area (Å²) in [5.74, 6) is 1.29. The maximum Gasteiger partial charge on any atom is 0.258 e. The number of benzene rings is 2.